The number of aryl methyl sites for hydroxylation is 1. The van der Waals surface area contributed by atoms with Crippen LogP contribution in [0.25, 0.3) is 0 Å². The van der Waals surface area contributed by atoms with Crippen LogP contribution in [0.2, 0.25) is 0 Å². The van der Waals surface area contributed by atoms with Crippen molar-refractivity contribution < 1.29 is 4.92 Å². The summed E-state index contributed by atoms with van der Waals surface area (Å²) in [5.74, 6) is 1.30. The van der Waals surface area contributed by atoms with Crippen molar-refractivity contribution in [3.05, 3.63) is 15.8 Å². The van der Waals surface area contributed by atoms with Gasteiger partial charge < -0.3 is 5.32 Å². The molecule has 1 N–H and O–H groups in total. The van der Waals surface area contributed by atoms with Gasteiger partial charge in [-0.15, -0.1) is 0 Å². The number of nitrogens with zero attached hydrogens (tertiary/aromatic N) is 3. The normalized spacial score (nSPS) is 22.9. The molecule has 6 heteroatoms. The van der Waals surface area contributed by atoms with E-state index in [0.29, 0.717) is 23.5 Å². The second kappa shape index (κ2) is 4.59. The summed E-state index contributed by atoms with van der Waals surface area (Å²) in [6, 6.07) is 0.342. The van der Waals surface area contributed by atoms with Gasteiger partial charge in [-0.1, -0.05) is 20.8 Å². The number of anilines is 1. The van der Waals surface area contributed by atoms with Crippen molar-refractivity contribution >= 4 is 11.5 Å². The Morgan fingerprint density at radius 3 is 2.56 bits per heavy atom. The summed E-state index contributed by atoms with van der Waals surface area (Å²) in [6.45, 7) is 6.03. The molecule has 0 amide bonds. The van der Waals surface area contributed by atoms with E-state index in [9.17, 15) is 10.1 Å². The Labute approximate surface area is 107 Å². The number of aromatic nitrogens is 2. The summed E-state index contributed by atoms with van der Waals surface area (Å²) in [5.41, 5.74) is 0.685. The summed E-state index contributed by atoms with van der Waals surface area (Å²) in [4.78, 5) is 10.9. The third-order valence-electron chi connectivity index (χ3n) is 3.49. The molecule has 0 atom stereocenters. The second-order valence-corrected chi connectivity index (χ2v) is 5.54. The zero-order valence-electron chi connectivity index (χ0n) is 11.3. The third-order valence-corrected chi connectivity index (χ3v) is 3.49. The molecule has 1 aromatic heterocycles. The summed E-state index contributed by atoms with van der Waals surface area (Å²) in [6.07, 6.45) is 2.14. The Morgan fingerprint density at radius 1 is 1.50 bits per heavy atom. The summed E-state index contributed by atoms with van der Waals surface area (Å²) < 4.78 is 1.59. The lowest BCUT2D eigenvalue weighted by Crippen LogP contribution is -2.34. The van der Waals surface area contributed by atoms with Crippen LogP contribution in [0.5, 0.6) is 0 Å². The highest BCUT2D eigenvalue weighted by Gasteiger charge is 2.32. The first-order valence-electron chi connectivity index (χ1n) is 6.38. The molecule has 0 spiro atoms. The second-order valence-electron chi connectivity index (χ2n) is 5.54. The minimum absolute atomic E-state index is 0.0486. The zero-order valence-corrected chi connectivity index (χ0v) is 11.3. The molecule has 0 aromatic carbocycles. The maximum Gasteiger partial charge on any atom is 0.334 e. The lowest BCUT2D eigenvalue weighted by atomic mass is 9.82. The van der Waals surface area contributed by atoms with Gasteiger partial charge in [0.2, 0.25) is 5.82 Å². The lowest BCUT2D eigenvalue weighted by Gasteiger charge is -2.33. The van der Waals surface area contributed by atoms with E-state index in [1.54, 1.807) is 11.7 Å². The molecule has 1 aliphatic rings. The predicted molar refractivity (Wildman–Crippen MR) is 69.8 cm³/mol. The van der Waals surface area contributed by atoms with E-state index in [-0.39, 0.29) is 16.5 Å². The molecule has 0 aliphatic heterocycles. The SMILES string of the molecule is CC1CC(Nc2c([N+](=O)[O-])c(C(C)C)nn2C)C1. The van der Waals surface area contributed by atoms with Crippen molar-refractivity contribution in [1.82, 2.24) is 9.78 Å². The van der Waals surface area contributed by atoms with Gasteiger partial charge in [0.25, 0.3) is 0 Å². The van der Waals surface area contributed by atoms with Gasteiger partial charge in [-0.2, -0.15) is 5.10 Å². The van der Waals surface area contributed by atoms with Crippen LogP contribution in [0.3, 0.4) is 0 Å². The molecule has 6 nitrogen and oxygen atoms in total. The maximum atomic E-state index is 11.2. The van der Waals surface area contributed by atoms with Gasteiger partial charge in [-0.25, -0.2) is 4.68 Å². The highest BCUT2D eigenvalue weighted by atomic mass is 16.6. The molecular weight excluding hydrogens is 232 g/mol. The summed E-state index contributed by atoms with van der Waals surface area (Å²) >= 11 is 0. The molecule has 2 rings (SSSR count). The smallest absolute Gasteiger partial charge is 0.334 e. The summed E-state index contributed by atoms with van der Waals surface area (Å²) in [7, 11) is 1.75. The molecule has 100 valence electrons. The van der Waals surface area contributed by atoms with Crippen molar-refractivity contribution in [3.63, 3.8) is 0 Å². The molecule has 0 bridgehead atoms. The van der Waals surface area contributed by atoms with Crippen molar-refractivity contribution in [2.45, 2.75) is 45.6 Å². The van der Waals surface area contributed by atoms with Crippen LogP contribution in [-0.4, -0.2) is 20.7 Å². The van der Waals surface area contributed by atoms with E-state index in [0.717, 1.165) is 12.8 Å². The van der Waals surface area contributed by atoms with E-state index in [1.807, 2.05) is 13.8 Å². The maximum absolute atomic E-state index is 11.2. The Morgan fingerprint density at radius 2 is 2.11 bits per heavy atom. The van der Waals surface area contributed by atoms with E-state index in [4.69, 9.17) is 0 Å². The topological polar surface area (TPSA) is 73.0 Å². The van der Waals surface area contributed by atoms with Crippen LogP contribution in [0.1, 0.15) is 45.2 Å². The van der Waals surface area contributed by atoms with Gasteiger partial charge in [-0.05, 0) is 18.8 Å². The first kappa shape index (κ1) is 12.9. The van der Waals surface area contributed by atoms with Gasteiger partial charge in [-0.3, -0.25) is 10.1 Å². The van der Waals surface area contributed by atoms with Crippen molar-refractivity contribution in [3.8, 4) is 0 Å². The van der Waals surface area contributed by atoms with Crippen molar-refractivity contribution in [2.24, 2.45) is 13.0 Å². The van der Waals surface area contributed by atoms with E-state index >= 15 is 0 Å². The van der Waals surface area contributed by atoms with E-state index in [2.05, 4.69) is 17.3 Å². The van der Waals surface area contributed by atoms with Crippen LogP contribution < -0.4 is 5.32 Å². The molecule has 1 fully saturated rings. The molecule has 0 saturated heterocycles. The molecule has 1 heterocycles. The molecule has 1 saturated carbocycles. The van der Waals surface area contributed by atoms with Crippen LogP contribution >= 0.6 is 0 Å². The average Bonchev–Trinajstić information content (AvgIpc) is 2.54. The van der Waals surface area contributed by atoms with Crippen LogP contribution in [-0.2, 0) is 7.05 Å². The van der Waals surface area contributed by atoms with Gasteiger partial charge in [0.15, 0.2) is 0 Å². The predicted octanol–water partition coefficient (Wildman–Crippen LogP) is 2.66. The number of hydrogen-bond acceptors (Lipinski definition) is 4. The monoisotopic (exact) mass is 252 g/mol. The van der Waals surface area contributed by atoms with Crippen molar-refractivity contribution in [1.29, 1.82) is 0 Å². The quantitative estimate of drug-likeness (QED) is 0.660. The largest absolute Gasteiger partial charge is 0.362 e. The average molecular weight is 252 g/mol. The molecule has 1 aliphatic carbocycles. The fourth-order valence-electron chi connectivity index (χ4n) is 2.48. The van der Waals surface area contributed by atoms with Gasteiger partial charge in [0, 0.05) is 19.0 Å². The zero-order chi connectivity index (χ0) is 13.4. The van der Waals surface area contributed by atoms with E-state index in [1.165, 1.54) is 0 Å². The Bertz CT molecular complexity index is 461. The van der Waals surface area contributed by atoms with Gasteiger partial charge in [0.1, 0.15) is 5.69 Å². The molecule has 0 unspecified atom stereocenters. The van der Waals surface area contributed by atoms with E-state index < -0.39 is 0 Å². The summed E-state index contributed by atoms with van der Waals surface area (Å²) in [5, 5.41) is 18.8. The Hall–Kier alpha value is -1.59. The van der Waals surface area contributed by atoms with Crippen molar-refractivity contribution in [2.75, 3.05) is 5.32 Å². The highest BCUT2D eigenvalue weighted by molar-refractivity contribution is 5.61. The van der Waals surface area contributed by atoms with Crippen LogP contribution in [0.15, 0.2) is 0 Å². The number of nitro groups is 1. The third kappa shape index (κ3) is 2.19. The lowest BCUT2D eigenvalue weighted by molar-refractivity contribution is -0.384. The minimum Gasteiger partial charge on any atom is -0.362 e. The van der Waals surface area contributed by atoms with Gasteiger partial charge >= 0.3 is 5.69 Å². The minimum atomic E-state index is -0.327. The first-order valence-corrected chi connectivity index (χ1v) is 6.38. The Kier molecular flexibility index (Phi) is 3.28. The number of rotatable bonds is 4. The standard InChI is InChI=1S/C12H20N4O2/c1-7(2)10-11(16(17)18)12(15(4)14-10)13-9-5-8(3)6-9/h7-9,13H,5-6H2,1-4H3. The van der Waals surface area contributed by atoms with Crippen LogP contribution in [0, 0.1) is 16.0 Å². The van der Waals surface area contributed by atoms with Gasteiger partial charge in [0.05, 0.1) is 4.92 Å². The molecule has 1 aromatic rings. The number of nitrogens with one attached hydrogen (secondary N) is 1. The fraction of sp³-hybridized carbons (Fsp3) is 0.750. The Balaban J connectivity index is 2.30. The molecule has 18 heavy (non-hydrogen) atoms. The first-order chi connectivity index (χ1) is 8.40. The highest BCUT2D eigenvalue weighted by Crippen LogP contribution is 2.36. The van der Waals surface area contributed by atoms with Crippen LogP contribution in [0.4, 0.5) is 11.5 Å². The fourth-order valence-corrected chi connectivity index (χ4v) is 2.48. The number of hydrogen-bond donors (Lipinski definition) is 1. The molecule has 0 radical (unpaired) electrons. The molecular formula is C12H20N4O2.